The van der Waals surface area contributed by atoms with E-state index in [0.717, 1.165) is 19.3 Å². The smallest absolute Gasteiger partial charge is 0.293 e. The zero-order valence-corrected chi connectivity index (χ0v) is 19.0. The van der Waals surface area contributed by atoms with E-state index in [1.807, 2.05) is 0 Å². The molecule has 0 N–H and O–H groups in total. The fraction of sp³-hybridized carbons (Fsp3) is 0.731. The van der Waals surface area contributed by atoms with Gasteiger partial charge in [-0.05, 0) is 99.3 Å². The maximum Gasteiger partial charge on any atom is 0.293 e. The normalized spacial score (nSPS) is 15.5. The van der Waals surface area contributed by atoms with E-state index in [-0.39, 0.29) is 5.60 Å². The molecule has 0 bridgehead atoms. The van der Waals surface area contributed by atoms with Crippen LogP contribution in [0.4, 0.5) is 0 Å². The van der Waals surface area contributed by atoms with Gasteiger partial charge in [0.2, 0.25) is 0 Å². The first-order valence-electron chi connectivity index (χ1n) is 11.5. The Labute approximate surface area is 173 Å². The Bertz CT molecular complexity index is 620. The fourth-order valence-electron chi connectivity index (χ4n) is 4.23. The molecule has 2 rings (SSSR count). The molecule has 0 heterocycles. The lowest BCUT2D eigenvalue weighted by Gasteiger charge is -2.18. The van der Waals surface area contributed by atoms with Crippen molar-refractivity contribution in [2.45, 2.75) is 117 Å². The van der Waals surface area contributed by atoms with Crippen molar-refractivity contribution in [2.24, 2.45) is 5.41 Å². The van der Waals surface area contributed by atoms with Crippen LogP contribution in [0.25, 0.3) is 0 Å². The van der Waals surface area contributed by atoms with Crippen LogP contribution in [-0.4, -0.2) is 12.1 Å². The van der Waals surface area contributed by atoms with E-state index in [0.29, 0.717) is 11.9 Å². The summed E-state index contributed by atoms with van der Waals surface area (Å²) in [5.74, 6) is 0. The summed E-state index contributed by atoms with van der Waals surface area (Å²) in [6.07, 6.45) is 14.5. The molecule has 0 spiro atoms. The number of unbranched alkanes of at least 4 members (excludes halogenated alkanes) is 4. The molecule has 0 atom stereocenters. The first kappa shape index (κ1) is 23.0. The van der Waals surface area contributed by atoms with Crippen molar-refractivity contribution in [3.05, 3.63) is 34.4 Å². The van der Waals surface area contributed by atoms with Gasteiger partial charge in [0, 0.05) is 0 Å². The standard InChI is InChI=1S/C26H42O2/c1-21-22(2)24(13-9-7-11-17-26(18-19-26)28-20-27)15-14-23(21)12-8-6-10-16-25(3,4)5/h14-15,20H,6-13,16-19H2,1-5H3. The molecule has 0 saturated heterocycles. The molecule has 1 aliphatic carbocycles. The van der Waals surface area contributed by atoms with Gasteiger partial charge in [0.15, 0.2) is 0 Å². The molecule has 0 amide bonds. The van der Waals surface area contributed by atoms with E-state index in [9.17, 15) is 4.79 Å². The van der Waals surface area contributed by atoms with Crippen molar-refractivity contribution >= 4 is 6.47 Å². The number of carbonyl (C=O) groups excluding carboxylic acids is 1. The number of hydrogen-bond acceptors (Lipinski definition) is 2. The Morgan fingerprint density at radius 3 is 1.89 bits per heavy atom. The predicted octanol–water partition coefficient (Wildman–Crippen LogP) is 7.26. The van der Waals surface area contributed by atoms with Crippen molar-refractivity contribution < 1.29 is 9.53 Å². The minimum atomic E-state index is -0.0806. The Hall–Kier alpha value is -1.31. The van der Waals surface area contributed by atoms with Crippen LogP contribution in [-0.2, 0) is 22.4 Å². The molecule has 158 valence electrons. The summed E-state index contributed by atoms with van der Waals surface area (Å²) in [6.45, 7) is 12.2. The third-order valence-electron chi connectivity index (χ3n) is 6.57. The van der Waals surface area contributed by atoms with E-state index in [1.165, 1.54) is 74.5 Å². The highest BCUT2D eigenvalue weighted by molar-refractivity contribution is 5.40. The summed E-state index contributed by atoms with van der Waals surface area (Å²) in [7, 11) is 0. The van der Waals surface area contributed by atoms with Crippen LogP contribution in [0.2, 0.25) is 0 Å². The highest BCUT2D eigenvalue weighted by Gasteiger charge is 2.44. The fourth-order valence-corrected chi connectivity index (χ4v) is 4.23. The Morgan fingerprint density at radius 1 is 0.893 bits per heavy atom. The van der Waals surface area contributed by atoms with Gasteiger partial charge in [-0.3, -0.25) is 4.79 Å². The Balaban J connectivity index is 1.69. The second-order valence-corrected chi connectivity index (χ2v) is 10.2. The molecule has 1 fully saturated rings. The lowest BCUT2D eigenvalue weighted by molar-refractivity contribution is -0.135. The zero-order valence-electron chi connectivity index (χ0n) is 19.0. The second-order valence-electron chi connectivity index (χ2n) is 10.2. The summed E-state index contributed by atoms with van der Waals surface area (Å²) >= 11 is 0. The van der Waals surface area contributed by atoms with Gasteiger partial charge in [0.25, 0.3) is 6.47 Å². The van der Waals surface area contributed by atoms with Crippen molar-refractivity contribution in [2.75, 3.05) is 0 Å². The maximum atomic E-state index is 10.5. The molecule has 28 heavy (non-hydrogen) atoms. The van der Waals surface area contributed by atoms with E-state index >= 15 is 0 Å². The zero-order chi connectivity index (χ0) is 20.6. The van der Waals surface area contributed by atoms with Gasteiger partial charge >= 0.3 is 0 Å². The first-order chi connectivity index (χ1) is 13.3. The van der Waals surface area contributed by atoms with Crippen molar-refractivity contribution in [1.29, 1.82) is 0 Å². The summed E-state index contributed by atoms with van der Waals surface area (Å²) < 4.78 is 5.24. The molecule has 0 unspecified atom stereocenters. The lowest BCUT2D eigenvalue weighted by atomic mass is 9.88. The molecule has 2 heteroatoms. The van der Waals surface area contributed by atoms with Crippen molar-refractivity contribution in [1.82, 2.24) is 0 Å². The van der Waals surface area contributed by atoms with Gasteiger partial charge < -0.3 is 4.74 Å². The largest absolute Gasteiger partial charge is 0.461 e. The van der Waals surface area contributed by atoms with Crippen molar-refractivity contribution in [3.8, 4) is 0 Å². The van der Waals surface area contributed by atoms with Crippen molar-refractivity contribution in [3.63, 3.8) is 0 Å². The van der Waals surface area contributed by atoms with Crippen LogP contribution in [0.5, 0.6) is 0 Å². The molecule has 1 aromatic rings. The molecule has 0 radical (unpaired) electrons. The average molecular weight is 387 g/mol. The minimum Gasteiger partial charge on any atom is -0.461 e. The average Bonchev–Trinajstić information content (AvgIpc) is 3.38. The lowest BCUT2D eigenvalue weighted by Crippen LogP contribution is -2.12. The van der Waals surface area contributed by atoms with E-state index in [1.54, 1.807) is 5.56 Å². The number of hydrogen-bond donors (Lipinski definition) is 0. The number of benzene rings is 1. The molecular weight excluding hydrogens is 344 g/mol. The molecule has 0 aliphatic heterocycles. The third-order valence-corrected chi connectivity index (χ3v) is 6.57. The molecule has 2 nitrogen and oxygen atoms in total. The molecular formula is C26H42O2. The van der Waals surface area contributed by atoms with Gasteiger partial charge in [-0.15, -0.1) is 0 Å². The maximum absolute atomic E-state index is 10.5. The van der Waals surface area contributed by atoms with Gasteiger partial charge in [-0.1, -0.05) is 52.2 Å². The molecule has 1 aromatic carbocycles. The van der Waals surface area contributed by atoms with Crippen LogP contribution in [0.15, 0.2) is 12.1 Å². The van der Waals surface area contributed by atoms with E-state index in [2.05, 4.69) is 46.8 Å². The van der Waals surface area contributed by atoms with E-state index < -0.39 is 0 Å². The number of ether oxygens (including phenoxy) is 1. The molecule has 1 saturated carbocycles. The summed E-state index contributed by atoms with van der Waals surface area (Å²) in [6, 6.07) is 4.74. The monoisotopic (exact) mass is 386 g/mol. The molecule has 0 aromatic heterocycles. The summed E-state index contributed by atoms with van der Waals surface area (Å²) in [4.78, 5) is 10.5. The van der Waals surface area contributed by atoms with Gasteiger partial charge in [-0.25, -0.2) is 0 Å². The summed E-state index contributed by atoms with van der Waals surface area (Å²) in [5, 5.41) is 0. The third kappa shape index (κ3) is 7.60. The van der Waals surface area contributed by atoms with E-state index in [4.69, 9.17) is 4.74 Å². The topological polar surface area (TPSA) is 26.3 Å². The quantitative estimate of drug-likeness (QED) is 0.263. The van der Waals surface area contributed by atoms with Crippen LogP contribution in [0.1, 0.15) is 107 Å². The van der Waals surface area contributed by atoms with Gasteiger partial charge in [-0.2, -0.15) is 0 Å². The number of carbonyl (C=O) groups is 1. The van der Waals surface area contributed by atoms with Gasteiger partial charge in [0.1, 0.15) is 5.60 Å². The Morgan fingerprint density at radius 2 is 1.43 bits per heavy atom. The van der Waals surface area contributed by atoms with Crippen LogP contribution >= 0.6 is 0 Å². The Kier molecular flexibility index (Phi) is 8.58. The summed E-state index contributed by atoms with van der Waals surface area (Å²) in [5.41, 5.74) is 6.44. The number of aryl methyl sites for hydroxylation is 2. The first-order valence-corrected chi connectivity index (χ1v) is 11.5. The highest BCUT2D eigenvalue weighted by Crippen LogP contribution is 2.43. The van der Waals surface area contributed by atoms with Crippen LogP contribution < -0.4 is 0 Å². The van der Waals surface area contributed by atoms with Crippen LogP contribution in [0, 0.1) is 19.3 Å². The minimum absolute atomic E-state index is 0.0806. The molecule has 1 aliphatic rings. The SMILES string of the molecule is Cc1c(CCCCCC(C)(C)C)ccc(CCCCCC2(OC=O)CC2)c1C. The number of rotatable bonds is 13. The predicted molar refractivity (Wildman–Crippen MR) is 119 cm³/mol. The van der Waals surface area contributed by atoms with Gasteiger partial charge in [0.05, 0.1) is 0 Å². The van der Waals surface area contributed by atoms with Crippen LogP contribution in [0.3, 0.4) is 0 Å². The second kappa shape index (κ2) is 10.5. The highest BCUT2D eigenvalue weighted by atomic mass is 16.5.